The van der Waals surface area contributed by atoms with Crippen molar-refractivity contribution < 1.29 is 14.3 Å². The number of hydrogen-bond acceptors (Lipinski definition) is 3. The highest BCUT2D eigenvalue weighted by Gasteiger charge is 2.39. The molecule has 0 spiro atoms. The zero-order valence-electron chi connectivity index (χ0n) is 17.5. The SMILES string of the molecule is COc1ccc(C2c3c(ccc4ccccc34)OC(=O)N2[C@@H](C)c2ccccc2)cc1. The Kier molecular flexibility index (Phi) is 4.83. The van der Waals surface area contributed by atoms with Crippen molar-refractivity contribution in [1.82, 2.24) is 4.90 Å². The lowest BCUT2D eigenvalue weighted by molar-refractivity contribution is 0.106. The maximum absolute atomic E-state index is 13.3. The molecule has 2 atom stereocenters. The number of ether oxygens (including phenoxy) is 2. The second kappa shape index (κ2) is 7.80. The van der Waals surface area contributed by atoms with E-state index in [1.54, 1.807) is 7.11 Å². The zero-order valence-corrected chi connectivity index (χ0v) is 17.5. The third-order valence-electron chi connectivity index (χ3n) is 6.02. The molecule has 31 heavy (non-hydrogen) atoms. The number of methoxy groups -OCH3 is 1. The van der Waals surface area contributed by atoms with Gasteiger partial charge < -0.3 is 9.47 Å². The summed E-state index contributed by atoms with van der Waals surface area (Å²) in [5, 5.41) is 2.20. The molecule has 1 amide bonds. The van der Waals surface area contributed by atoms with Gasteiger partial charge in [0.15, 0.2) is 0 Å². The van der Waals surface area contributed by atoms with Crippen LogP contribution < -0.4 is 9.47 Å². The molecular formula is C27H23NO3. The molecule has 154 valence electrons. The monoisotopic (exact) mass is 409 g/mol. The summed E-state index contributed by atoms with van der Waals surface area (Å²) in [7, 11) is 1.65. The van der Waals surface area contributed by atoms with Crippen molar-refractivity contribution in [2.45, 2.75) is 19.0 Å². The molecule has 1 unspecified atom stereocenters. The molecule has 0 radical (unpaired) electrons. The first-order valence-corrected chi connectivity index (χ1v) is 10.4. The van der Waals surface area contributed by atoms with Gasteiger partial charge in [-0.2, -0.15) is 0 Å². The molecule has 1 heterocycles. The van der Waals surface area contributed by atoms with E-state index in [2.05, 4.69) is 12.1 Å². The minimum absolute atomic E-state index is 0.173. The topological polar surface area (TPSA) is 38.8 Å². The molecule has 0 aromatic heterocycles. The fraction of sp³-hybridized carbons (Fsp3) is 0.148. The molecule has 0 fully saturated rings. The van der Waals surface area contributed by atoms with E-state index in [0.29, 0.717) is 5.75 Å². The van der Waals surface area contributed by atoms with Crippen molar-refractivity contribution in [2.24, 2.45) is 0 Å². The van der Waals surface area contributed by atoms with Crippen LogP contribution in [0.5, 0.6) is 11.5 Å². The molecule has 5 rings (SSSR count). The highest BCUT2D eigenvalue weighted by molar-refractivity contribution is 5.91. The lowest BCUT2D eigenvalue weighted by Crippen LogP contribution is -2.43. The van der Waals surface area contributed by atoms with Crippen LogP contribution in [-0.2, 0) is 0 Å². The van der Waals surface area contributed by atoms with E-state index >= 15 is 0 Å². The van der Waals surface area contributed by atoms with Gasteiger partial charge in [-0.3, -0.25) is 4.90 Å². The molecule has 0 bridgehead atoms. The molecule has 0 N–H and O–H groups in total. The third kappa shape index (κ3) is 3.30. The highest BCUT2D eigenvalue weighted by atomic mass is 16.6. The lowest BCUT2D eigenvalue weighted by atomic mass is 9.89. The Labute approximate surface area is 181 Å². The van der Waals surface area contributed by atoms with E-state index in [-0.39, 0.29) is 18.2 Å². The van der Waals surface area contributed by atoms with E-state index in [9.17, 15) is 4.79 Å². The van der Waals surface area contributed by atoms with Crippen LogP contribution >= 0.6 is 0 Å². The van der Waals surface area contributed by atoms with Crippen LogP contribution in [0.15, 0.2) is 91.0 Å². The molecular weight excluding hydrogens is 386 g/mol. The minimum atomic E-state index is -0.347. The van der Waals surface area contributed by atoms with Gasteiger partial charge in [0, 0.05) is 5.56 Å². The number of carbonyl (C=O) groups is 1. The number of nitrogens with zero attached hydrogens (tertiary/aromatic N) is 1. The fourth-order valence-corrected chi connectivity index (χ4v) is 4.43. The normalized spacial score (nSPS) is 16.5. The second-order valence-corrected chi connectivity index (χ2v) is 7.74. The molecule has 4 aromatic rings. The van der Waals surface area contributed by atoms with Gasteiger partial charge in [-0.1, -0.05) is 72.8 Å². The minimum Gasteiger partial charge on any atom is -0.497 e. The van der Waals surface area contributed by atoms with Crippen molar-refractivity contribution in [3.8, 4) is 11.5 Å². The summed E-state index contributed by atoms with van der Waals surface area (Å²) in [5.74, 6) is 1.39. The Bertz CT molecular complexity index is 1230. The smallest absolute Gasteiger partial charge is 0.416 e. The van der Waals surface area contributed by atoms with E-state index in [4.69, 9.17) is 9.47 Å². The Morgan fingerprint density at radius 1 is 0.871 bits per heavy atom. The number of rotatable bonds is 4. The first-order chi connectivity index (χ1) is 15.2. The van der Waals surface area contributed by atoms with E-state index < -0.39 is 0 Å². The Morgan fingerprint density at radius 3 is 2.32 bits per heavy atom. The van der Waals surface area contributed by atoms with Crippen LogP contribution in [0.2, 0.25) is 0 Å². The molecule has 0 aliphatic carbocycles. The average molecular weight is 409 g/mol. The second-order valence-electron chi connectivity index (χ2n) is 7.74. The van der Waals surface area contributed by atoms with Gasteiger partial charge in [0.1, 0.15) is 11.5 Å². The van der Waals surface area contributed by atoms with Crippen LogP contribution in [-0.4, -0.2) is 18.1 Å². The van der Waals surface area contributed by atoms with Crippen molar-refractivity contribution in [1.29, 1.82) is 0 Å². The Balaban J connectivity index is 1.74. The van der Waals surface area contributed by atoms with Crippen molar-refractivity contribution in [2.75, 3.05) is 7.11 Å². The predicted octanol–water partition coefficient (Wildman–Crippen LogP) is 6.51. The summed E-state index contributed by atoms with van der Waals surface area (Å²) >= 11 is 0. The van der Waals surface area contributed by atoms with E-state index in [1.807, 2.05) is 90.7 Å². The Morgan fingerprint density at radius 2 is 1.58 bits per heavy atom. The van der Waals surface area contributed by atoms with Crippen molar-refractivity contribution >= 4 is 16.9 Å². The van der Waals surface area contributed by atoms with Gasteiger partial charge in [0.05, 0.1) is 19.2 Å². The predicted molar refractivity (Wildman–Crippen MR) is 122 cm³/mol. The van der Waals surface area contributed by atoms with Gasteiger partial charge in [0.2, 0.25) is 0 Å². The summed E-state index contributed by atoms with van der Waals surface area (Å²) in [6.07, 6.45) is -0.347. The molecule has 0 saturated heterocycles. The quantitative estimate of drug-likeness (QED) is 0.385. The van der Waals surface area contributed by atoms with Gasteiger partial charge in [-0.25, -0.2) is 4.79 Å². The number of fused-ring (bicyclic) bond motifs is 3. The van der Waals surface area contributed by atoms with Gasteiger partial charge in [0.25, 0.3) is 0 Å². The van der Waals surface area contributed by atoms with Crippen LogP contribution in [0.4, 0.5) is 4.79 Å². The summed E-state index contributed by atoms with van der Waals surface area (Å²) < 4.78 is 11.2. The molecule has 4 heteroatoms. The fourth-order valence-electron chi connectivity index (χ4n) is 4.43. The van der Waals surface area contributed by atoms with Gasteiger partial charge >= 0.3 is 6.09 Å². The summed E-state index contributed by atoms with van der Waals surface area (Å²) in [6, 6.07) is 29.6. The lowest BCUT2D eigenvalue weighted by Gasteiger charge is -2.41. The van der Waals surface area contributed by atoms with E-state index in [0.717, 1.165) is 33.2 Å². The average Bonchev–Trinajstić information content (AvgIpc) is 2.83. The number of benzene rings is 4. The van der Waals surface area contributed by atoms with Crippen molar-refractivity contribution in [3.63, 3.8) is 0 Å². The summed E-state index contributed by atoms with van der Waals surface area (Å²) in [4.78, 5) is 15.1. The number of amides is 1. The first-order valence-electron chi connectivity index (χ1n) is 10.4. The van der Waals surface area contributed by atoms with Crippen LogP contribution in [0.1, 0.15) is 35.7 Å². The van der Waals surface area contributed by atoms with Gasteiger partial charge in [-0.05, 0) is 47.0 Å². The standard InChI is InChI=1S/C27H23NO3/c1-18(19-8-4-3-5-9-19)28-26(21-12-15-22(30-2)16-13-21)25-23-11-7-6-10-20(23)14-17-24(25)31-27(28)29/h3-18,26H,1-2H3/t18-,26?/m0/s1. The van der Waals surface area contributed by atoms with Crippen molar-refractivity contribution in [3.05, 3.63) is 108 Å². The molecule has 0 saturated carbocycles. The molecule has 1 aliphatic rings. The number of hydrogen-bond donors (Lipinski definition) is 0. The van der Waals surface area contributed by atoms with Crippen LogP contribution in [0, 0.1) is 0 Å². The molecule has 1 aliphatic heterocycles. The maximum Gasteiger partial charge on any atom is 0.416 e. The molecule has 4 nitrogen and oxygen atoms in total. The largest absolute Gasteiger partial charge is 0.497 e. The maximum atomic E-state index is 13.3. The first kappa shape index (κ1) is 19.2. The zero-order chi connectivity index (χ0) is 21.4. The van der Waals surface area contributed by atoms with E-state index in [1.165, 1.54) is 0 Å². The summed E-state index contributed by atoms with van der Waals surface area (Å²) in [6.45, 7) is 2.04. The summed E-state index contributed by atoms with van der Waals surface area (Å²) in [5.41, 5.74) is 3.07. The Hall–Kier alpha value is -3.79. The van der Waals surface area contributed by atoms with Gasteiger partial charge in [-0.15, -0.1) is 0 Å². The molecule has 4 aromatic carbocycles. The number of carbonyl (C=O) groups excluding carboxylic acids is 1. The van der Waals surface area contributed by atoms with Crippen LogP contribution in [0.3, 0.4) is 0 Å². The van der Waals surface area contributed by atoms with Crippen LogP contribution in [0.25, 0.3) is 10.8 Å². The third-order valence-corrected chi connectivity index (χ3v) is 6.02. The highest BCUT2D eigenvalue weighted by Crippen LogP contribution is 2.46.